The molecular formula is C20H19ClN4O. The van der Waals surface area contributed by atoms with Crippen molar-refractivity contribution in [3.63, 3.8) is 0 Å². The van der Waals surface area contributed by atoms with Crippen molar-refractivity contribution in [2.75, 3.05) is 0 Å². The van der Waals surface area contributed by atoms with Gasteiger partial charge in [-0.1, -0.05) is 61.8 Å². The number of hydrazone groups is 1. The third-order valence-corrected chi connectivity index (χ3v) is 4.20. The van der Waals surface area contributed by atoms with E-state index >= 15 is 0 Å². The molecule has 1 amide bonds. The minimum Gasteiger partial charge on any atom is -0.272 e. The van der Waals surface area contributed by atoms with Crippen LogP contribution >= 0.6 is 11.6 Å². The van der Waals surface area contributed by atoms with E-state index in [9.17, 15) is 4.79 Å². The number of carbonyl (C=O) groups is 1. The lowest BCUT2D eigenvalue weighted by Crippen LogP contribution is -2.18. The van der Waals surface area contributed by atoms with Crippen LogP contribution in [0.1, 0.15) is 41.4 Å². The van der Waals surface area contributed by atoms with Crippen molar-refractivity contribution >= 4 is 23.7 Å². The van der Waals surface area contributed by atoms with Gasteiger partial charge in [0, 0.05) is 10.6 Å². The number of nitrogens with one attached hydrogen (secondary N) is 2. The number of hydrogen-bond donors (Lipinski definition) is 2. The predicted molar refractivity (Wildman–Crippen MR) is 105 cm³/mol. The molecule has 2 N–H and O–H groups in total. The van der Waals surface area contributed by atoms with Crippen LogP contribution in [0.3, 0.4) is 0 Å². The van der Waals surface area contributed by atoms with E-state index in [-0.39, 0.29) is 5.91 Å². The molecule has 0 saturated carbocycles. The van der Waals surface area contributed by atoms with Crippen LogP contribution in [0.25, 0.3) is 11.3 Å². The molecule has 3 rings (SSSR count). The largest absolute Gasteiger partial charge is 0.289 e. The molecule has 0 unspecified atom stereocenters. The van der Waals surface area contributed by atoms with E-state index < -0.39 is 0 Å². The van der Waals surface area contributed by atoms with E-state index in [4.69, 9.17) is 11.6 Å². The maximum atomic E-state index is 12.2. The lowest BCUT2D eigenvalue weighted by Gasteiger charge is -2.04. The normalized spacial score (nSPS) is 11.2. The molecule has 26 heavy (non-hydrogen) atoms. The quantitative estimate of drug-likeness (QED) is 0.511. The zero-order valence-electron chi connectivity index (χ0n) is 14.5. The second-order valence-electron chi connectivity index (χ2n) is 6.19. The van der Waals surface area contributed by atoms with Gasteiger partial charge in [-0.05, 0) is 35.2 Å². The standard InChI is InChI=1S/C20H19ClN4O/c1-13(2)15-5-3-14(4-6-15)12-22-25-20(26)19-11-18(23-24-19)16-7-9-17(21)10-8-16/h3-13H,1-2H3,(H,23,24)(H,25,26)/b22-12+. The summed E-state index contributed by atoms with van der Waals surface area (Å²) in [7, 11) is 0. The topological polar surface area (TPSA) is 70.1 Å². The van der Waals surface area contributed by atoms with Crippen LogP contribution in [0.2, 0.25) is 5.02 Å². The summed E-state index contributed by atoms with van der Waals surface area (Å²) in [6, 6.07) is 17.0. The Balaban J connectivity index is 1.62. The summed E-state index contributed by atoms with van der Waals surface area (Å²) in [5, 5.41) is 11.5. The summed E-state index contributed by atoms with van der Waals surface area (Å²) >= 11 is 5.88. The van der Waals surface area contributed by atoms with E-state index in [2.05, 4.69) is 46.7 Å². The second-order valence-corrected chi connectivity index (χ2v) is 6.63. The highest BCUT2D eigenvalue weighted by Crippen LogP contribution is 2.20. The summed E-state index contributed by atoms with van der Waals surface area (Å²) in [6.07, 6.45) is 1.61. The van der Waals surface area contributed by atoms with Gasteiger partial charge in [0.15, 0.2) is 0 Å². The zero-order valence-corrected chi connectivity index (χ0v) is 15.3. The monoisotopic (exact) mass is 366 g/mol. The molecule has 2 aromatic carbocycles. The van der Waals surface area contributed by atoms with Crippen molar-refractivity contribution in [2.45, 2.75) is 19.8 Å². The molecular weight excluding hydrogens is 348 g/mol. The number of H-pyrrole nitrogens is 1. The Bertz CT molecular complexity index is 912. The molecule has 1 aromatic heterocycles. The van der Waals surface area contributed by atoms with Crippen molar-refractivity contribution in [1.29, 1.82) is 0 Å². The number of halogens is 1. The van der Waals surface area contributed by atoms with Gasteiger partial charge in [-0.2, -0.15) is 10.2 Å². The van der Waals surface area contributed by atoms with Gasteiger partial charge in [0.1, 0.15) is 5.69 Å². The van der Waals surface area contributed by atoms with Gasteiger partial charge in [0.25, 0.3) is 5.91 Å². The third kappa shape index (κ3) is 4.37. The van der Waals surface area contributed by atoms with Crippen molar-refractivity contribution in [3.05, 3.63) is 76.4 Å². The Morgan fingerprint density at radius 3 is 2.50 bits per heavy atom. The lowest BCUT2D eigenvalue weighted by atomic mass is 10.0. The molecule has 132 valence electrons. The van der Waals surface area contributed by atoms with Gasteiger partial charge in [0.2, 0.25) is 0 Å². The van der Waals surface area contributed by atoms with Crippen LogP contribution in [0.4, 0.5) is 0 Å². The molecule has 5 nitrogen and oxygen atoms in total. The van der Waals surface area contributed by atoms with Crippen LogP contribution in [0.5, 0.6) is 0 Å². The fourth-order valence-corrected chi connectivity index (χ4v) is 2.53. The molecule has 0 aliphatic rings. The Labute approximate surface area is 157 Å². The maximum Gasteiger partial charge on any atom is 0.289 e. The van der Waals surface area contributed by atoms with E-state index in [0.717, 1.165) is 11.1 Å². The number of hydrogen-bond acceptors (Lipinski definition) is 3. The predicted octanol–water partition coefficient (Wildman–Crippen LogP) is 4.62. The summed E-state index contributed by atoms with van der Waals surface area (Å²) in [4.78, 5) is 12.2. The molecule has 0 saturated heterocycles. The molecule has 6 heteroatoms. The Morgan fingerprint density at radius 1 is 1.15 bits per heavy atom. The smallest absolute Gasteiger partial charge is 0.272 e. The van der Waals surface area contributed by atoms with E-state index in [1.54, 1.807) is 24.4 Å². The van der Waals surface area contributed by atoms with Gasteiger partial charge >= 0.3 is 0 Å². The number of carbonyl (C=O) groups excluding carboxylic acids is 1. The third-order valence-electron chi connectivity index (χ3n) is 3.95. The van der Waals surface area contributed by atoms with Gasteiger partial charge in [-0.15, -0.1) is 0 Å². The van der Waals surface area contributed by atoms with Crippen molar-refractivity contribution in [2.24, 2.45) is 5.10 Å². The van der Waals surface area contributed by atoms with E-state index in [0.29, 0.717) is 22.3 Å². The molecule has 0 spiro atoms. The van der Waals surface area contributed by atoms with E-state index in [1.165, 1.54) is 5.56 Å². The average Bonchev–Trinajstić information content (AvgIpc) is 3.13. The molecule has 3 aromatic rings. The maximum absolute atomic E-state index is 12.2. The first-order valence-electron chi connectivity index (χ1n) is 8.27. The molecule has 0 aliphatic carbocycles. The van der Waals surface area contributed by atoms with Crippen molar-refractivity contribution in [1.82, 2.24) is 15.6 Å². The second kappa shape index (κ2) is 7.97. The molecule has 0 aliphatic heterocycles. The van der Waals surface area contributed by atoms with Gasteiger partial charge in [0.05, 0.1) is 11.9 Å². The van der Waals surface area contributed by atoms with Gasteiger partial charge in [-0.3, -0.25) is 9.89 Å². The fraction of sp³-hybridized carbons (Fsp3) is 0.150. The number of aromatic amines is 1. The minimum atomic E-state index is -0.354. The number of amides is 1. The van der Waals surface area contributed by atoms with Crippen LogP contribution in [0, 0.1) is 0 Å². The van der Waals surface area contributed by atoms with Crippen LogP contribution in [-0.2, 0) is 0 Å². The molecule has 0 bridgehead atoms. The minimum absolute atomic E-state index is 0.335. The van der Waals surface area contributed by atoms with E-state index in [1.807, 2.05) is 24.3 Å². The molecule has 0 fully saturated rings. The lowest BCUT2D eigenvalue weighted by molar-refractivity contribution is 0.0950. The summed E-state index contributed by atoms with van der Waals surface area (Å²) in [5.41, 5.74) is 6.55. The number of rotatable bonds is 5. The van der Waals surface area contributed by atoms with Gasteiger partial charge in [-0.25, -0.2) is 5.43 Å². The zero-order chi connectivity index (χ0) is 18.5. The molecule has 0 radical (unpaired) electrons. The van der Waals surface area contributed by atoms with Crippen LogP contribution < -0.4 is 5.43 Å². The van der Waals surface area contributed by atoms with Crippen molar-refractivity contribution < 1.29 is 4.79 Å². The molecule has 1 heterocycles. The number of benzene rings is 2. The highest BCUT2D eigenvalue weighted by atomic mass is 35.5. The first-order valence-corrected chi connectivity index (χ1v) is 8.65. The number of aromatic nitrogens is 2. The van der Waals surface area contributed by atoms with Crippen LogP contribution in [-0.4, -0.2) is 22.3 Å². The first-order chi connectivity index (χ1) is 12.5. The Morgan fingerprint density at radius 2 is 1.85 bits per heavy atom. The van der Waals surface area contributed by atoms with Gasteiger partial charge < -0.3 is 0 Å². The summed E-state index contributed by atoms with van der Waals surface area (Å²) in [5.74, 6) is 0.128. The summed E-state index contributed by atoms with van der Waals surface area (Å²) in [6.45, 7) is 4.29. The van der Waals surface area contributed by atoms with Crippen molar-refractivity contribution in [3.8, 4) is 11.3 Å². The highest BCUT2D eigenvalue weighted by Gasteiger charge is 2.10. The SMILES string of the molecule is CC(C)c1ccc(/C=N/NC(=O)c2cc(-c3ccc(Cl)cc3)n[nH]2)cc1. The Kier molecular flexibility index (Phi) is 5.49. The Hall–Kier alpha value is -2.92. The average molecular weight is 367 g/mol. The summed E-state index contributed by atoms with van der Waals surface area (Å²) < 4.78 is 0. The highest BCUT2D eigenvalue weighted by molar-refractivity contribution is 6.30. The molecule has 0 atom stereocenters. The first kappa shape index (κ1) is 17.9. The fourth-order valence-electron chi connectivity index (χ4n) is 2.40. The number of nitrogens with zero attached hydrogens (tertiary/aromatic N) is 2. The van der Waals surface area contributed by atoms with Crippen LogP contribution in [0.15, 0.2) is 59.7 Å².